The normalized spacial score (nSPS) is 9.12. The van der Waals surface area contributed by atoms with Gasteiger partial charge in [0.1, 0.15) is 4.88 Å². The summed E-state index contributed by atoms with van der Waals surface area (Å²) in [6.07, 6.45) is 2.39. The van der Waals surface area contributed by atoms with E-state index in [1.165, 1.54) is 11.5 Å². The summed E-state index contributed by atoms with van der Waals surface area (Å²) in [5.41, 5.74) is 0. The van der Waals surface area contributed by atoms with Gasteiger partial charge in [0.2, 0.25) is 0 Å². The SMILES string of the molecule is O=Cc1sncc1Br. The zero-order chi connectivity index (χ0) is 5.98. The first kappa shape index (κ1) is 5.91. The van der Waals surface area contributed by atoms with Crippen molar-refractivity contribution in [2.75, 3.05) is 0 Å². The van der Waals surface area contributed by atoms with E-state index in [9.17, 15) is 4.79 Å². The van der Waals surface area contributed by atoms with E-state index in [-0.39, 0.29) is 0 Å². The van der Waals surface area contributed by atoms with Crippen LogP contribution in [0.1, 0.15) is 9.67 Å². The largest absolute Gasteiger partial charge is 0.297 e. The molecule has 1 aromatic heterocycles. The van der Waals surface area contributed by atoms with Crippen molar-refractivity contribution in [3.63, 3.8) is 0 Å². The minimum absolute atomic E-state index is 0.644. The average molecular weight is 192 g/mol. The first-order chi connectivity index (χ1) is 3.84. The standard InChI is InChI=1S/C4H2BrNOS/c5-3-1-6-8-4(3)2-7/h1-2H. The Morgan fingerprint density at radius 1 is 1.88 bits per heavy atom. The van der Waals surface area contributed by atoms with E-state index in [0.717, 1.165) is 10.8 Å². The predicted molar refractivity (Wildman–Crippen MR) is 35.2 cm³/mol. The first-order valence-electron chi connectivity index (χ1n) is 1.90. The van der Waals surface area contributed by atoms with Gasteiger partial charge >= 0.3 is 0 Å². The molecule has 0 aliphatic rings. The van der Waals surface area contributed by atoms with Crippen molar-refractivity contribution in [2.45, 2.75) is 0 Å². The summed E-state index contributed by atoms with van der Waals surface area (Å²) in [5.74, 6) is 0. The molecule has 0 spiro atoms. The molecule has 2 nitrogen and oxygen atoms in total. The monoisotopic (exact) mass is 191 g/mol. The molecule has 0 fully saturated rings. The molecule has 8 heavy (non-hydrogen) atoms. The van der Waals surface area contributed by atoms with Crippen LogP contribution in [0.4, 0.5) is 0 Å². The number of nitrogens with zero attached hydrogens (tertiary/aromatic N) is 1. The zero-order valence-corrected chi connectivity index (χ0v) is 6.20. The summed E-state index contributed by atoms with van der Waals surface area (Å²) in [6, 6.07) is 0. The maximum absolute atomic E-state index is 10.0. The van der Waals surface area contributed by atoms with Crippen molar-refractivity contribution in [3.8, 4) is 0 Å². The second kappa shape index (κ2) is 2.37. The Bertz CT molecular complexity index is 198. The van der Waals surface area contributed by atoms with Gasteiger partial charge in [-0.15, -0.1) is 0 Å². The Balaban J connectivity index is 3.09. The summed E-state index contributed by atoms with van der Waals surface area (Å²) in [4.78, 5) is 10.7. The van der Waals surface area contributed by atoms with E-state index in [1.807, 2.05) is 0 Å². The molecule has 0 radical (unpaired) electrons. The van der Waals surface area contributed by atoms with Crippen LogP contribution in [0.3, 0.4) is 0 Å². The number of aromatic nitrogens is 1. The lowest BCUT2D eigenvalue weighted by molar-refractivity contribution is 0.112. The Morgan fingerprint density at radius 3 is 2.88 bits per heavy atom. The van der Waals surface area contributed by atoms with Crippen LogP contribution in [0.15, 0.2) is 10.7 Å². The van der Waals surface area contributed by atoms with E-state index in [2.05, 4.69) is 20.3 Å². The first-order valence-corrected chi connectivity index (χ1v) is 3.46. The Morgan fingerprint density at radius 2 is 2.62 bits per heavy atom. The van der Waals surface area contributed by atoms with Crippen LogP contribution in [0.25, 0.3) is 0 Å². The molecule has 0 aliphatic carbocycles. The number of carbonyl (C=O) groups excluding carboxylic acids is 1. The molecule has 0 N–H and O–H groups in total. The number of aldehydes is 1. The highest BCUT2D eigenvalue weighted by molar-refractivity contribution is 9.10. The maximum Gasteiger partial charge on any atom is 0.162 e. The second-order valence-electron chi connectivity index (χ2n) is 1.16. The molecule has 42 valence electrons. The van der Waals surface area contributed by atoms with Gasteiger partial charge < -0.3 is 0 Å². The molecule has 0 aromatic carbocycles. The molecule has 0 amide bonds. The Labute approximate surface area is 58.8 Å². The van der Waals surface area contributed by atoms with Crippen molar-refractivity contribution in [1.82, 2.24) is 4.37 Å². The van der Waals surface area contributed by atoms with Crippen LogP contribution in [-0.2, 0) is 0 Å². The number of carbonyl (C=O) groups is 1. The molecule has 0 atom stereocenters. The molecule has 0 saturated carbocycles. The van der Waals surface area contributed by atoms with Crippen LogP contribution in [0.5, 0.6) is 0 Å². The van der Waals surface area contributed by atoms with Crippen LogP contribution in [-0.4, -0.2) is 10.7 Å². The fraction of sp³-hybridized carbons (Fsp3) is 0. The zero-order valence-electron chi connectivity index (χ0n) is 3.80. The molecule has 4 heteroatoms. The van der Waals surface area contributed by atoms with Gasteiger partial charge in [-0.1, -0.05) is 0 Å². The van der Waals surface area contributed by atoms with Gasteiger partial charge in [-0.05, 0) is 27.5 Å². The summed E-state index contributed by atoms with van der Waals surface area (Å²) >= 11 is 4.33. The molecular weight excluding hydrogens is 190 g/mol. The van der Waals surface area contributed by atoms with E-state index >= 15 is 0 Å². The number of hydrogen-bond acceptors (Lipinski definition) is 3. The van der Waals surface area contributed by atoms with Crippen LogP contribution in [0.2, 0.25) is 0 Å². The minimum atomic E-state index is 0.644. The lowest BCUT2D eigenvalue weighted by Gasteiger charge is -1.74. The third kappa shape index (κ3) is 0.952. The highest BCUT2D eigenvalue weighted by Gasteiger charge is 1.97. The van der Waals surface area contributed by atoms with Gasteiger partial charge in [0, 0.05) is 0 Å². The molecule has 1 rings (SSSR count). The smallest absolute Gasteiger partial charge is 0.162 e. The lowest BCUT2D eigenvalue weighted by Crippen LogP contribution is -1.66. The molecule has 0 bridgehead atoms. The van der Waals surface area contributed by atoms with E-state index < -0.39 is 0 Å². The van der Waals surface area contributed by atoms with Crippen LogP contribution < -0.4 is 0 Å². The molecular formula is C4H2BrNOS. The Hall–Kier alpha value is -0.220. The summed E-state index contributed by atoms with van der Waals surface area (Å²) in [6.45, 7) is 0. The van der Waals surface area contributed by atoms with Crippen molar-refractivity contribution in [1.29, 1.82) is 0 Å². The molecule has 0 aliphatic heterocycles. The van der Waals surface area contributed by atoms with Gasteiger partial charge in [0.25, 0.3) is 0 Å². The lowest BCUT2D eigenvalue weighted by atomic mass is 10.5. The van der Waals surface area contributed by atoms with Crippen LogP contribution >= 0.6 is 27.5 Å². The molecule has 1 aromatic rings. The topological polar surface area (TPSA) is 30.0 Å². The quantitative estimate of drug-likeness (QED) is 0.634. The fourth-order valence-electron chi connectivity index (χ4n) is 0.314. The van der Waals surface area contributed by atoms with Gasteiger partial charge in [0.15, 0.2) is 6.29 Å². The number of rotatable bonds is 1. The number of hydrogen-bond donors (Lipinski definition) is 0. The molecule has 1 heterocycles. The van der Waals surface area contributed by atoms with E-state index in [0.29, 0.717) is 4.88 Å². The van der Waals surface area contributed by atoms with E-state index in [1.54, 1.807) is 6.20 Å². The van der Waals surface area contributed by atoms with Gasteiger partial charge in [-0.3, -0.25) is 4.79 Å². The van der Waals surface area contributed by atoms with Crippen molar-refractivity contribution < 1.29 is 4.79 Å². The van der Waals surface area contributed by atoms with Gasteiger partial charge in [0.05, 0.1) is 10.7 Å². The molecule has 0 saturated heterocycles. The third-order valence-electron chi connectivity index (χ3n) is 0.660. The predicted octanol–water partition coefficient (Wildman–Crippen LogP) is 1.72. The summed E-state index contributed by atoms with van der Waals surface area (Å²) in [7, 11) is 0. The average Bonchev–Trinajstić information content (AvgIpc) is 2.14. The molecule has 0 unspecified atom stereocenters. The highest BCUT2D eigenvalue weighted by atomic mass is 79.9. The number of halogens is 1. The fourth-order valence-corrected chi connectivity index (χ4v) is 1.32. The van der Waals surface area contributed by atoms with Crippen molar-refractivity contribution >= 4 is 33.7 Å². The highest BCUT2D eigenvalue weighted by Crippen LogP contribution is 2.16. The van der Waals surface area contributed by atoms with Crippen LogP contribution in [0, 0.1) is 0 Å². The minimum Gasteiger partial charge on any atom is -0.297 e. The summed E-state index contributed by atoms with van der Waals surface area (Å²) in [5, 5.41) is 0. The summed E-state index contributed by atoms with van der Waals surface area (Å²) < 4.78 is 4.53. The Kier molecular flexibility index (Phi) is 1.75. The van der Waals surface area contributed by atoms with Gasteiger partial charge in [-0.2, -0.15) is 4.37 Å². The maximum atomic E-state index is 10.0. The van der Waals surface area contributed by atoms with Crippen molar-refractivity contribution in [3.05, 3.63) is 15.5 Å². The second-order valence-corrected chi connectivity index (χ2v) is 2.84. The van der Waals surface area contributed by atoms with Gasteiger partial charge in [-0.25, -0.2) is 0 Å². The van der Waals surface area contributed by atoms with E-state index in [4.69, 9.17) is 0 Å². The van der Waals surface area contributed by atoms with Crippen molar-refractivity contribution in [2.24, 2.45) is 0 Å². The third-order valence-corrected chi connectivity index (χ3v) is 2.28.